The molecular weight excluding hydrogens is 376 g/mol. The molecule has 0 saturated heterocycles. The zero-order valence-corrected chi connectivity index (χ0v) is 17.9. The molecule has 0 aliphatic heterocycles. The summed E-state index contributed by atoms with van der Waals surface area (Å²) in [7, 11) is 3.58. The second-order valence-corrected chi connectivity index (χ2v) is 7.46. The Morgan fingerprint density at radius 3 is 2.54 bits per heavy atom. The summed E-state index contributed by atoms with van der Waals surface area (Å²) in [4.78, 5) is 13.3. The van der Waals surface area contributed by atoms with E-state index in [1.54, 1.807) is 13.3 Å². The number of benzene rings is 1. The normalized spacial score (nSPS) is 13.5. The minimum absolute atomic E-state index is 0.281. The third-order valence-corrected chi connectivity index (χ3v) is 5.15. The van der Waals surface area contributed by atoms with Gasteiger partial charge in [-0.3, -0.25) is 9.88 Å². The van der Waals surface area contributed by atoms with Gasteiger partial charge in [-0.1, -0.05) is 48.9 Å². The van der Waals surface area contributed by atoms with E-state index < -0.39 is 6.10 Å². The number of aromatic nitrogens is 2. The van der Waals surface area contributed by atoms with E-state index >= 15 is 0 Å². The number of ether oxygens (including phenoxy) is 1. The average molecular weight is 407 g/mol. The SMILES string of the molecule is CCC(C)N(C)c1cnc(CN(Cc2ccccc2)CC(O)COC)c(Cl)n1. The van der Waals surface area contributed by atoms with E-state index in [2.05, 4.69) is 45.7 Å². The third-order valence-electron chi connectivity index (χ3n) is 4.85. The number of aliphatic hydroxyl groups excluding tert-OH is 1. The summed E-state index contributed by atoms with van der Waals surface area (Å²) in [5, 5.41) is 10.6. The number of methoxy groups -OCH3 is 1. The van der Waals surface area contributed by atoms with Crippen molar-refractivity contribution >= 4 is 17.4 Å². The van der Waals surface area contributed by atoms with E-state index in [9.17, 15) is 5.11 Å². The summed E-state index contributed by atoms with van der Waals surface area (Å²) in [6.45, 7) is 6.18. The van der Waals surface area contributed by atoms with Gasteiger partial charge in [0, 0.05) is 39.8 Å². The standard InChI is InChI=1S/C21H31ClN4O2/c1-5-16(2)25(3)20-11-23-19(21(22)24-20)14-26(13-18(27)15-28-4)12-17-9-7-6-8-10-17/h6-11,16,18,27H,5,12-15H2,1-4H3. The van der Waals surface area contributed by atoms with E-state index in [1.807, 2.05) is 25.2 Å². The lowest BCUT2D eigenvalue weighted by molar-refractivity contribution is 0.0335. The first kappa shape index (κ1) is 22.6. The first-order valence-electron chi connectivity index (χ1n) is 9.62. The van der Waals surface area contributed by atoms with Gasteiger partial charge >= 0.3 is 0 Å². The van der Waals surface area contributed by atoms with E-state index in [0.717, 1.165) is 17.8 Å². The molecule has 0 amide bonds. The number of rotatable bonds is 11. The van der Waals surface area contributed by atoms with Crippen LogP contribution in [0.4, 0.5) is 5.82 Å². The molecule has 2 aromatic rings. The average Bonchev–Trinajstić information content (AvgIpc) is 2.69. The molecule has 1 N–H and O–H groups in total. The molecule has 1 aromatic carbocycles. The van der Waals surface area contributed by atoms with Gasteiger partial charge in [-0.25, -0.2) is 4.98 Å². The van der Waals surface area contributed by atoms with Gasteiger partial charge in [0.05, 0.1) is 24.6 Å². The van der Waals surface area contributed by atoms with Crippen molar-refractivity contribution in [3.05, 3.63) is 52.9 Å². The van der Waals surface area contributed by atoms with Crippen LogP contribution >= 0.6 is 11.6 Å². The van der Waals surface area contributed by atoms with Crippen molar-refractivity contribution in [3.63, 3.8) is 0 Å². The molecule has 1 aromatic heterocycles. The van der Waals surface area contributed by atoms with Crippen molar-refractivity contribution in [1.29, 1.82) is 0 Å². The molecule has 2 atom stereocenters. The Hall–Kier alpha value is -1.73. The van der Waals surface area contributed by atoms with Crippen LogP contribution in [0, 0.1) is 0 Å². The number of hydrogen-bond donors (Lipinski definition) is 1. The predicted octanol–water partition coefficient (Wildman–Crippen LogP) is 3.37. The number of hydrogen-bond acceptors (Lipinski definition) is 6. The van der Waals surface area contributed by atoms with Crippen molar-refractivity contribution in [3.8, 4) is 0 Å². The van der Waals surface area contributed by atoms with Gasteiger partial charge < -0.3 is 14.7 Å². The lowest BCUT2D eigenvalue weighted by Gasteiger charge is -2.26. The molecular formula is C21H31ClN4O2. The van der Waals surface area contributed by atoms with Crippen molar-refractivity contribution in [1.82, 2.24) is 14.9 Å². The number of anilines is 1. The molecule has 2 rings (SSSR count). The van der Waals surface area contributed by atoms with Gasteiger partial charge in [0.25, 0.3) is 0 Å². The lowest BCUT2D eigenvalue weighted by atomic mass is 10.2. The van der Waals surface area contributed by atoms with Gasteiger partial charge in [0.1, 0.15) is 5.82 Å². The summed E-state index contributed by atoms with van der Waals surface area (Å²) >= 11 is 6.45. The highest BCUT2D eigenvalue weighted by atomic mass is 35.5. The molecule has 1 heterocycles. The van der Waals surface area contributed by atoms with Gasteiger partial charge in [-0.2, -0.15) is 0 Å². The zero-order valence-electron chi connectivity index (χ0n) is 17.2. The molecule has 6 nitrogen and oxygen atoms in total. The fourth-order valence-corrected chi connectivity index (χ4v) is 3.14. The van der Waals surface area contributed by atoms with E-state index in [4.69, 9.17) is 16.3 Å². The Balaban J connectivity index is 2.15. The highest BCUT2D eigenvalue weighted by Crippen LogP contribution is 2.20. The third kappa shape index (κ3) is 6.71. The number of halogens is 1. The first-order chi connectivity index (χ1) is 13.4. The second-order valence-electron chi connectivity index (χ2n) is 7.10. The summed E-state index contributed by atoms with van der Waals surface area (Å²) in [6, 6.07) is 10.5. The summed E-state index contributed by atoms with van der Waals surface area (Å²) in [6.07, 6.45) is 2.19. The van der Waals surface area contributed by atoms with Crippen molar-refractivity contribution in [2.45, 2.75) is 45.5 Å². The molecule has 0 aliphatic rings. The Morgan fingerprint density at radius 2 is 1.93 bits per heavy atom. The quantitative estimate of drug-likeness (QED) is 0.617. The van der Waals surface area contributed by atoms with Gasteiger partial charge in [-0.05, 0) is 18.9 Å². The summed E-state index contributed by atoms with van der Waals surface area (Å²) in [5.41, 5.74) is 1.85. The molecule has 28 heavy (non-hydrogen) atoms. The molecule has 0 spiro atoms. The predicted molar refractivity (Wildman–Crippen MR) is 114 cm³/mol. The van der Waals surface area contributed by atoms with Crippen LogP contribution < -0.4 is 4.90 Å². The minimum atomic E-state index is -0.587. The van der Waals surface area contributed by atoms with Gasteiger partial charge in [0.15, 0.2) is 5.15 Å². The Labute approximate surface area is 173 Å². The topological polar surface area (TPSA) is 61.7 Å². The maximum Gasteiger partial charge on any atom is 0.154 e. The van der Waals surface area contributed by atoms with Gasteiger partial charge in [-0.15, -0.1) is 0 Å². The van der Waals surface area contributed by atoms with Crippen LogP contribution in [-0.4, -0.2) is 59.4 Å². The fourth-order valence-electron chi connectivity index (χ4n) is 2.94. The molecule has 0 fully saturated rings. The molecule has 0 radical (unpaired) electrons. The summed E-state index contributed by atoms with van der Waals surface area (Å²) in [5.74, 6) is 0.761. The molecule has 7 heteroatoms. The van der Waals surface area contributed by atoms with E-state index in [0.29, 0.717) is 36.5 Å². The van der Waals surface area contributed by atoms with Crippen LogP contribution in [-0.2, 0) is 17.8 Å². The van der Waals surface area contributed by atoms with Crippen LogP contribution in [0.3, 0.4) is 0 Å². The number of nitrogens with zero attached hydrogens (tertiary/aromatic N) is 4. The van der Waals surface area contributed by atoms with E-state index in [-0.39, 0.29) is 6.61 Å². The summed E-state index contributed by atoms with van der Waals surface area (Å²) < 4.78 is 5.07. The Kier molecular flexibility index (Phi) is 9.12. The van der Waals surface area contributed by atoms with Gasteiger partial charge in [0.2, 0.25) is 0 Å². The molecule has 154 valence electrons. The molecule has 0 saturated carbocycles. The van der Waals surface area contributed by atoms with Crippen LogP contribution in [0.15, 0.2) is 36.5 Å². The number of aliphatic hydroxyl groups is 1. The highest BCUT2D eigenvalue weighted by molar-refractivity contribution is 6.30. The smallest absolute Gasteiger partial charge is 0.154 e. The van der Waals surface area contributed by atoms with E-state index in [1.165, 1.54) is 0 Å². The monoisotopic (exact) mass is 406 g/mol. The van der Waals surface area contributed by atoms with Crippen LogP contribution in [0.2, 0.25) is 5.15 Å². The fraction of sp³-hybridized carbons (Fsp3) is 0.524. The van der Waals surface area contributed by atoms with Crippen LogP contribution in [0.5, 0.6) is 0 Å². The minimum Gasteiger partial charge on any atom is -0.389 e. The lowest BCUT2D eigenvalue weighted by Crippen LogP contribution is -2.34. The molecule has 0 aliphatic carbocycles. The van der Waals surface area contributed by atoms with Crippen molar-refractivity contribution in [2.75, 3.05) is 32.2 Å². The first-order valence-corrected chi connectivity index (χ1v) is 9.99. The van der Waals surface area contributed by atoms with Crippen molar-refractivity contribution < 1.29 is 9.84 Å². The Morgan fingerprint density at radius 1 is 1.21 bits per heavy atom. The molecule has 0 bridgehead atoms. The van der Waals surface area contributed by atoms with Crippen LogP contribution in [0.1, 0.15) is 31.5 Å². The Bertz CT molecular complexity index is 717. The molecule has 2 unspecified atom stereocenters. The zero-order chi connectivity index (χ0) is 20.5. The maximum atomic E-state index is 10.2. The highest BCUT2D eigenvalue weighted by Gasteiger charge is 2.17. The maximum absolute atomic E-state index is 10.2. The largest absolute Gasteiger partial charge is 0.389 e. The van der Waals surface area contributed by atoms with Crippen LogP contribution in [0.25, 0.3) is 0 Å². The second kappa shape index (κ2) is 11.3. The van der Waals surface area contributed by atoms with Crippen molar-refractivity contribution in [2.24, 2.45) is 0 Å².